The van der Waals surface area contributed by atoms with E-state index in [-0.39, 0.29) is 23.6 Å². The summed E-state index contributed by atoms with van der Waals surface area (Å²) in [6.45, 7) is -0.110. The standard InChI is InChI=1S/C16H14F3N5O2S2/c17-16(18,19)26-11-5-2-1-4-10(11)8-21-13(25)9-28-15-23-22-14(24(15)20)12-6-3-7-27-12/h1-7H,8-9,20H2,(H,21,25). The molecule has 0 unspecified atom stereocenters. The molecule has 1 aromatic carbocycles. The number of rotatable bonds is 7. The Morgan fingerprint density at radius 1 is 1.25 bits per heavy atom. The number of halogens is 3. The number of aromatic nitrogens is 3. The lowest BCUT2D eigenvalue weighted by Gasteiger charge is -2.13. The Labute approximate surface area is 165 Å². The predicted octanol–water partition coefficient (Wildman–Crippen LogP) is 3.03. The lowest BCUT2D eigenvalue weighted by atomic mass is 10.2. The number of nitrogens with two attached hydrogens (primary N) is 1. The molecule has 0 bridgehead atoms. The summed E-state index contributed by atoms with van der Waals surface area (Å²) in [6.07, 6.45) is -4.80. The molecule has 0 fully saturated rings. The summed E-state index contributed by atoms with van der Waals surface area (Å²) in [5.74, 6) is 5.65. The molecule has 0 atom stereocenters. The summed E-state index contributed by atoms with van der Waals surface area (Å²) in [5, 5.41) is 12.7. The van der Waals surface area contributed by atoms with Gasteiger partial charge in [-0.1, -0.05) is 36.0 Å². The number of thioether (sulfide) groups is 1. The average Bonchev–Trinajstić information content (AvgIpc) is 3.27. The van der Waals surface area contributed by atoms with Crippen molar-refractivity contribution in [1.29, 1.82) is 0 Å². The van der Waals surface area contributed by atoms with Crippen LogP contribution in [0.3, 0.4) is 0 Å². The first-order valence-corrected chi connectivity index (χ1v) is 9.67. The number of amides is 1. The fourth-order valence-corrected chi connectivity index (χ4v) is 3.59. The van der Waals surface area contributed by atoms with Crippen molar-refractivity contribution in [3.05, 3.63) is 47.3 Å². The Morgan fingerprint density at radius 2 is 2.04 bits per heavy atom. The van der Waals surface area contributed by atoms with Crippen molar-refractivity contribution >= 4 is 29.0 Å². The van der Waals surface area contributed by atoms with Gasteiger partial charge in [-0.15, -0.1) is 34.7 Å². The van der Waals surface area contributed by atoms with Crippen molar-refractivity contribution in [3.8, 4) is 16.5 Å². The van der Waals surface area contributed by atoms with E-state index in [0.29, 0.717) is 11.0 Å². The molecular weight excluding hydrogens is 415 g/mol. The molecule has 148 valence electrons. The number of carbonyl (C=O) groups is 1. The Kier molecular flexibility index (Phi) is 6.09. The largest absolute Gasteiger partial charge is 0.573 e. The van der Waals surface area contributed by atoms with E-state index in [1.807, 2.05) is 17.5 Å². The van der Waals surface area contributed by atoms with Gasteiger partial charge in [0.2, 0.25) is 11.1 Å². The average molecular weight is 429 g/mol. The number of hydrogen-bond donors (Lipinski definition) is 2. The van der Waals surface area contributed by atoms with Crippen molar-refractivity contribution < 1.29 is 22.7 Å². The van der Waals surface area contributed by atoms with E-state index in [4.69, 9.17) is 5.84 Å². The molecule has 3 rings (SSSR count). The number of para-hydroxylation sites is 1. The van der Waals surface area contributed by atoms with Gasteiger partial charge in [0.1, 0.15) is 5.75 Å². The Balaban J connectivity index is 1.55. The van der Waals surface area contributed by atoms with Crippen LogP contribution in [0.5, 0.6) is 5.75 Å². The number of nitrogen functional groups attached to an aromatic ring is 1. The van der Waals surface area contributed by atoms with E-state index in [0.717, 1.165) is 16.6 Å². The molecule has 12 heteroatoms. The van der Waals surface area contributed by atoms with Crippen molar-refractivity contribution in [1.82, 2.24) is 20.2 Å². The van der Waals surface area contributed by atoms with Crippen LogP contribution < -0.4 is 15.9 Å². The molecule has 7 nitrogen and oxygen atoms in total. The van der Waals surface area contributed by atoms with Crippen molar-refractivity contribution in [3.63, 3.8) is 0 Å². The summed E-state index contributed by atoms with van der Waals surface area (Å²) >= 11 is 2.52. The number of alkyl halides is 3. The number of nitrogens with one attached hydrogen (secondary N) is 1. The van der Waals surface area contributed by atoms with Crippen LogP contribution >= 0.6 is 23.1 Å². The lowest BCUT2D eigenvalue weighted by Crippen LogP contribution is -2.26. The lowest BCUT2D eigenvalue weighted by molar-refractivity contribution is -0.274. The van der Waals surface area contributed by atoms with Gasteiger partial charge in [-0.3, -0.25) is 4.79 Å². The minimum absolute atomic E-state index is 0.0257. The third-order valence-electron chi connectivity index (χ3n) is 3.41. The molecule has 0 aliphatic rings. The molecule has 1 amide bonds. The van der Waals surface area contributed by atoms with Crippen LogP contribution in [0.2, 0.25) is 0 Å². The molecule has 28 heavy (non-hydrogen) atoms. The van der Waals surface area contributed by atoms with Crippen LogP contribution in [0.25, 0.3) is 10.7 Å². The van der Waals surface area contributed by atoms with Crippen LogP contribution in [-0.4, -0.2) is 32.9 Å². The van der Waals surface area contributed by atoms with Gasteiger partial charge in [-0.2, -0.15) is 0 Å². The van der Waals surface area contributed by atoms with Gasteiger partial charge in [-0.25, -0.2) is 4.68 Å². The molecule has 0 radical (unpaired) electrons. The zero-order chi connectivity index (χ0) is 20.1. The molecule has 2 heterocycles. The second-order valence-electron chi connectivity index (χ2n) is 5.37. The first-order chi connectivity index (χ1) is 13.3. The van der Waals surface area contributed by atoms with Gasteiger partial charge in [0.05, 0.1) is 10.6 Å². The molecule has 0 aliphatic carbocycles. The van der Waals surface area contributed by atoms with E-state index >= 15 is 0 Å². The molecule has 0 aliphatic heterocycles. The highest BCUT2D eigenvalue weighted by Gasteiger charge is 2.32. The molecule has 0 saturated heterocycles. The van der Waals surface area contributed by atoms with Crippen LogP contribution in [-0.2, 0) is 11.3 Å². The van der Waals surface area contributed by atoms with Crippen molar-refractivity contribution in [2.45, 2.75) is 18.1 Å². The maximum absolute atomic E-state index is 12.4. The van der Waals surface area contributed by atoms with Crippen LogP contribution in [0.15, 0.2) is 46.9 Å². The number of thiophene rings is 1. The van der Waals surface area contributed by atoms with Gasteiger partial charge in [0, 0.05) is 12.1 Å². The zero-order valence-electron chi connectivity index (χ0n) is 14.1. The highest BCUT2D eigenvalue weighted by molar-refractivity contribution is 7.99. The van der Waals surface area contributed by atoms with Gasteiger partial charge in [-0.05, 0) is 17.5 Å². The number of benzene rings is 1. The fraction of sp³-hybridized carbons (Fsp3) is 0.188. The van der Waals surface area contributed by atoms with Crippen molar-refractivity contribution in [2.75, 3.05) is 11.6 Å². The third-order valence-corrected chi connectivity index (χ3v) is 5.22. The van der Waals surface area contributed by atoms with E-state index in [1.165, 1.54) is 34.2 Å². The normalized spacial score (nSPS) is 11.4. The second-order valence-corrected chi connectivity index (χ2v) is 7.26. The zero-order valence-corrected chi connectivity index (χ0v) is 15.8. The summed E-state index contributed by atoms with van der Waals surface area (Å²) < 4.78 is 42.5. The number of carbonyl (C=O) groups excluding carboxylic acids is 1. The predicted molar refractivity (Wildman–Crippen MR) is 99.2 cm³/mol. The molecular formula is C16H14F3N5O2S2. The number of nitrogens with zero attached hydrogens (tertiary/aromatic N) is 3. The Hall–Kier alpha value is -2.73. The Bertz CT molecular complexity index is 944. The maximum atomic E-state index is 12.4. The van der Waals surface area contributed by atoms with Crippen molar-refractivity contribution in [2.24, 2.45) is 0 Å². The monoisotopic (exact) mass is 429 g/mol. The van der Waals surface area contributed by atoms with Gasteiger partial charge < -0.3 is 15.9 Å². The van der Waals surface area contributed by atoms with E-state index in [2.05, 4.69) is 20.3 Å². The number of hydrogen-bond acceptors (Lipinski definition) is 7. The first kappa shape index (κ1) is 20.0. The minimum Gasteiger partial charge on any atom is -0.405 e. The number of ether oxygens (including phenoxy) is 1. The topological polar surface area (TPSA) is 95.1 Å². The summed E-state index contributed by atoms with van der Waals surface area (Å²) in [6, 6.07) is 9.31. The first-order valence-electron chi connectivity index (χ1n) is 7.81. The summed E-state index contributed by atoms with van der Waals surface area (Å²) in [7, 11) is 0. The molecule has 0 spiro atoms. The van der Waals surface area contributed by atoms with Gasteiger partial charge in [0.15, 0.2) is 5.82 Å². The van der Waals surface area contributed by atoms with Crippen LogP contribution in [0.4, 0.5) is 13.2 Å². The highest BCUT2D eigenvalue weighted by Crippen LogP contribution is 2.27. The second kappa shape index (κ2) is 8.52. The van der Waals surface area contributed by atoms with Crippen LogP contribution in [0, 0.1) is 0 Å². The fourth-order valence-electron chi connectivity index (χ4n) is 2.20. The Morgan fingerprint density at radius 3 is 2.75 bits per heavy atom. The quantitative estimate of drug-likeness (QED) is 0.443. The van der Waals surface area contributed by atoms with E-state index < -0.39 is 12.3 Å². The van der Waals surface area contributed by atoms with E-state index in [9.17, 15) is 18.0 Å². The van der Waals surface area contributed by atoms with Crippen LogP contribution in [0.1, 0.15) is 5.56 Å². The molecule has 2 aromatic heterocycles. The SMILES string of the molecule is Nn1c(SCC(=O)NCc2ccccc2OC(F)(F)F)nnc1-c1cccs1. The summed E-state index contributed by atoms with van der Waals surface area (Å²) in [5.41, 5.74) is 0.208. The highest BCUT2D eigenvalue weighted by atomic mass is 32.2. The third kappa shape index (κ3) is 5.16. The molecule has 0 saturated carbocycles. The summed E-state index contributed by atoms with van der Waals surface area (Å²) in [4.78, 5) is 12.9. The maximum Gasteiger partial charge on any atom is 0.573 e. The van der Waals surface area contributed by atoms with Gasteiger partial charge >= 0.3 is 6.36 Å². The smallest absolute Gasteiger partial charge is 0.405 e. The molecule has 3 N–H and O–H groups in total. The molecule has 3 aromatic rings. The minimum atomic E-state index is -4.80. The van der Waals surface area contributed by atoms with E-state index in [1.54, 1.807) is 6.07 Å². The van der Waals surface area contributed by atoms with Gasteiger partial charge in [0.25, 0.3) is 0 Å².